The van der Waals surface area contributed by atoms with Crippen LogP contribution >= 0.6 is 0 Å². The van der Waals surface area contributed by atoms with Crippen molar-refractivity contribution in [2.75, 3.05) is 24.5 Å². The van der Waals surface area contributed by atoms with Crippen LogP contribution in [0.3, 0.4) is 0 Å². The summed E-state index contributed by atoms with van der Waals surface area (Å²) in [7, 11) is 0. The summed E-state index contributed by atoms with van der Waals surface area (Å²) in [5.74, 6) is 2.09. The highest BCUT2D eigenvalue weighted by atomic mass is 16.5. The van der Waals surface area contributed by atoms with E-state index in [1.54, 1.807) is 0 Å². The standard InChI is InChI=1S/C25H30N4O3/c30-18-14-20(16-4-2-1-3-5-16)32-25(15-18)9-12-29(13-10-25)23-19-8-11-26-24(31)21(19)27-22(28-23)17-6-7-17/h1-5,17-18,20,30H,6-15H2,(H,26,31)/t18-,20-/m1/s1. The number of hydrogen-bond acceptors (Lipinski definition) is 6. The van der Waals surface area contributed by atoms with Crippen molar-refractivity contribution in [1.29, 1.82) is 0 Å². The maximum absolute atomic E-state index is 12.5. The number of aliphatic hydroxyl groups excluding tert-OH is 1. The molecule has 0 bridgehead atoms. The fraction of sp³-hybridized carbons (Fsp3) is 0.560. The molecule has 3 aliphatic heterocycles. The van der Waals surface area contributed by atoms with Crippen LogP contribution in [0.4, 0.5) is 5.82 Å². The van der Waals surface area contributed by atoms with Gasteiger partial charge >= 0.3 is 0 Å². The maximum Gasteiger partial charge on any atom is 0.270 e. The number of carbonyl (C=O) groups excluding carboxylic acids is 1. The zero-order valence-electron chi connectivity index (χ0n) is 18.3. The summed E-state index contributed by atoms with van der Waals surface area (Å²) in [6.45, 7) is 2.25. The third-order valence-electron chi connectivity index (χ3n) is 7.45. The smallest absolute Gasteiger partial charge is 0.270 e. The van der Waals surface area contributed by atoms with E-state index in [1.165, 1.54) is 0 Å². The molecule has 7 heteroatoms. The number of benzene rings is 1. The van der Waals surface area contributed by atoms with E-state index in [2.05, 4.69) is 27.3 Å². The quantitative estimate of drug-likeness (QED) is 0.773. The molecule has 4 aliphatic rings. The van der Waals surface area contributed by atoms with E-state index in [4.69, 9.17) is 9.72 Å². The summed E-state index contributed by atoms with van der Waals surface area (Å²) in [5.41, 5.74) is 2.38. The highest BCUT2D eigenvalue weighted by Gasteiger charge is 2.44. The number of ether oxygens (including phenoxy) is 1. The first kappa shape index (κ1) is 20.1. The molecule has 1 amide bonds. The van der Waals surface area contributed by atoms with Gasteiger partial charge < -0.3 is 20.1 Å². The normalized spacial score (nSPS) is 27.2. The Labute approximate surface area is 188 Å². The fourth-order valence-corrected chi connectivity index (χ4v) is 5.56. The summed E-state index contributed by atoms with van der Waals surface area (Å²) in [6.07, 6.45) is 5.59. The van der Waals surface area contributed by atoms with Gasteiger partial charge in [-0.3, -0.25) is 4.79 Å². The Morgan fingerprint density at radius 2 is 1.91 bits per heavy atom. The molecule has 1 aromatic heterocycles. The number of piperidine rings is 1. The number of fused-ring (bicyclic) bond motifs is 1. The number of aliphatic hydroxyl groups is 1. The van der Waals surface area contributed by atoms with Gasteiger partial charge in [0.15, 0.2) is 0 Å². The Bertz CT molecular complexity index is 1020. The number of carbonyl (C=O) groups is 1. The highest BCUT2D eigenvalue weighted by Crippen LogP contribution is 2.44. The van der Waals surface area contributed by atoms with Gasteiger partial charge in [-0.15, -0.1) is 0 Å². The van der Waals surface area contributed by atoms with Gasteiger partial charge in [0, 0.05) is 44.0 Å². The van der Waals surface area contributed by atoms with Crippen molar-refractivity contribution in [1.82, 2.24) is 15.3 Å². The minimum Gasteiger partial charge on any atom is -0.393 e. The number of nitrogens with zero attached hydrogens (tertiary/aromatic N) is 3. The second-order valence-corrected chi connectivity index (χ2v) is 9.79. The molecule has 2 aromatic rings. The summed E-state index contributed by atoms with van der Waals surface area (Å²) in [5, 5.41) is 13.6. The minimum atomic E-state index is -0.350. The van der Waals surface area contributed by atoms with Crippen LogP contribution in [0.1, 0.15) is 78.0 Å². The zero-order chi connectivity index (χ0) is 21.7. The molecule has 0 unspecified atom stereocenters. The molecule has 2 saturated heterocycles. The second-order valence-electron chi connectivity index (χ2n) is 9.79. The lowest BCUT2D eigenvalue weighted by Gasteiger charge is -2.48. The second kappa shape index (κ2) is 7.81. The van der Waals surface area contributed by atoms with Gasteiger partial charge in [0.1, 0.15) is 17.3 Å². The SMILES string of the molecule is O=C1NCCc2c1nc(C1CC1)nc2N1CCC2(CC1)C[C@H](O)C[C@H](c1ccccc1)O2. The largest absolute Gasteiger partial charge is 0.393 e. The van der Waals surface area contributed by atoms with E-state index in [0.717, 1.165) is 68.0 Å². The average molecular weight is 435 g/mol. The Kier molecular flexibility index (Phi) is 4.91. The molecule has 32 heavy (non-hydrogen) atoms. The molecule has 2 N–H and O–H groups in total. The molecular formula is C25H30N4O3. The predicted octanol–water partition coefficient (Wildman–Crippen LogP) is 2.89. The van der Waals surface area contributed by atoms with Crippen molar-refractivity contribution in [2.24, 2.45) is 0 Å². The first-order valence-corrected chi connectivity index (χ1v) is 11.9. The van der Waals surface area contributed by atoms with Gasteiger partial charge in [-0.1, -0.05) is 30.3 Å². The lowest BCUT2D eigenvalue weighted by Crippen LogP contribution is -2.51. The molecule has 1 aliphatic carbocycles. The third kappa shape index (κ3) is 3.67. The molecule has 1 saturated carbocycles. The van der Waals surface area contributed by atoms with E-state index in [-0.39, 0.29) is 23.7 Å². The van der Waals surface area contributed by atoms with Crippen molar-refractivity contribution in [3.05, 3.63) is 53.0 Å². The molecule has 6 rings (SSSR count). The van der Waals surface area contributed by atoms with Gasteiger partial charge in [-0.05, 0) is 37.7 Å². The van der Waals surface area contributed by atoms with Crippen LogP contribution in [0, 0.1) is 0 Å². The minimum absolute atomic E-state index is 0.0662. The monoisotopic (exact) mass is 434 g/mol. The van der Waals surface area contributed by atoms with E-state index >= 15 is 0 Å². The number of amides is 1. The molecule has 2 atom stereocenters. The molecule has 1 spiro atoms. The fourth-order valence-electron chi connectivity index (χ4n) is 5.56. The number of rotatable bonds is 3. The highest BCUT2D eigenvalue weighted by molar-refractivity contribution is 5.96. The van der Waals surface area contributed by atoms with Crippen molar-refractivity contribution in [2.45, 2.75) is 68.7 Å². The molecule has 4 heterocycles. The summed E-state index contributed by atoms with van der Waals surface area (Å²) in [6, 6.07) is 10.2. The first-order chi connectivity index (χ1) is 15.6. The predicted molar refractivity (Wildman–Crippen MR) is 120 cm³/mol. The topological polar surface area (TPSA) is 87.6 Å². The molecule has 168 valence electrons. The van der Waals surface area contributed by atoms with Crippen molar-refractivity contribution in [3.8, 4) is 0 Å². The van der Waals surface area contributed by atoms with Crippen LogP contribution in [0.25, 0.3) is 0 Å². The van der Waals surface area contributed by atoms with Crippen molar-refractivity contribution in [3.63, 3.8) is 0 Å². The van der Waals surface area contributed by atoms with Crippen LogP contribution < -0.4 is 10.2 Å². The van der Waals surface area contributed by atoms with Gasteiger partial charge in [-0.2, -0.15) is 0 Å². The van der Waals surface area contributed by atoms with E-state index < -0.39 is 0 Å². The van der Waals surface area contributed by atoms with Gasteiger partial charge in [0.05, 0.1) is 17.8 Å². The van der Waals surface area contributed by atoms with Crippen LogP contribution in [-0.2, 0) is 11.2 Å². The zero-order valence-corrected chi connectivity index (χ0v) is 18.3. The molecular weight excluding hydrogens is 404 g/mol. The van der Waals surface area contributed by atoms with Crippen LogP contribution in [-0.4, -0.2) is 52.3 Å². The average Bonchev–Trinajstić information content (AvgIpc) is 3.65. The number of anilines is 1. The van der Waals surface area contributed by atoms with E-state index in [0.29, 0.717) is 31.0 Å². The third-order valence-corrected chi connectivity index (χ3v) is 7.45. The van der Waals surface area contributed by atoms with E-state index in [1.807, 2.05) is 18.2 Å². The first-order valence-electron chi connectivity index (χ1n) is 11.9. The van der Waals surface area contributed by atoms with Crippen molar-refractivity contribution >= 4 is 11.7 Å². The van der Waals surface area contributed by atoms with E-state index in [9.17, 15) is 9.90 Å². The number of hydrogen-bond donors (Lipinski definition) is 2. The Morgan fingerprint density at radius 3 is 2.66 bits per heavy atom. The van der Waals surface area contributed by atoms with Gasteiger partial charge in [0.25, 0.3) is 5.91 Å². The van der Waals surface area contributed by atoms with Gasteiger partial charge in [-0.25, -0.2) is 9.97 Å². The summed E-state index contributed by atoms with van der Waals surface area (Å²) in [4.78, 5) is 24.4. The van der Waals surface area contributed by atoms with Crippen LogP contribution in [0.2, 0.25) is 0 Å². The molecule has 3 fully saturated rings. The molecule has 1 aromatic carbocycles. The Morgan fingerprint density at radius 1 is 1.12 bits per heavy atom. The lowest BCUT2D eigenvalue weighted by atomic mass is 9.80. The van der Waals surface area contributed by atoms with Crippen molar-refractivity contribution < 1.29 is 14.6 Å². The van der Waals surface area contributed by atoms with Gasteiger partial charge in [0.2, 0.25) is 0 Å². The molecule has 0 radical (unpaired) electrons. The molecule has 7 nitrogen and oxygen atoms in total. The van der Waals surface area contributed by atoms with Crippen LogP contribution in [0.15, 0.2) is 30.3 Å². The number of nitrogens with one attached hydrogen (secondary N) is 1. The van der Waals surface area contributed by atoms with Crippen LogP contribution in [0.5, 0.6) is 0 Å². The maximum atomic E-state index is 12.5. The lowest BCUT2D eigenvalue weighted by molar-refractivity contribution is -0.173. The summed E-state index contributed by atoms with van der Waals surface area (Å²) >= 11 is 0. The Balaban J connectivity index is 1.24. The number of aromatic nitrogens is 2. The summed E-state index contributed by atoms with van der Waals surface area (Å²) < 4.78 is 6.67. The Hall–Kier alpha value is -2.51.